The van der Waals surface area contributed by atoms with Crippen LogP contribution in [0.3, 0.4) is 0 Å². The van der Waals surface area contributed by atoms with Crippen molar-refractivity contribution in [3.63, 3.8) is 0 Å². The van der Waals surface area contributed by atoms with E-state index < -0.39 is 12.6 Å². The van der Waals surface area contributed by atoms with E-state index in [0.717, 1.165) is 0 Å². The molecule has 0 fully saturated rings. The molecule has 0 amide bonds. The summed E-state index contributed by atoms with van der Waals surface area (Å²) in [7, 11) is 0. The minimum Gasteiger partial charge on any atom is -0.307 e. The Morgan fingerprint density at radius 2 is 1.65 bits per heavy atom. The zero-order chi connectivity index (χ0) is 15.2. The molecule has 0 radical (unpaired) electrons. The summed E-state index contributed by atoms with van der Waals surface area (Å²) in [5.74, 6) is 0.391. The van der Waals surface area contributed by atoms with E-state index in [1.807, 2.05) is 25.1 Å². The Balaban J connectivity index is 2.50. The van der Waals surface area contributed by atoms with Gasteiger partial charge in [0.05, 0.1) is 0 Å². The highest BCUT2D eigenvalue weighted by Crippen LogP contribution is 2.25. The summed E-state index contributed by atoms with van der Waals surface area (Å²) in [4.78, 5) is 0. The molecule has 0 aliphatic heterocycles. The highest BCUT2D eigenvalue weighted by molar-refractivity contribution is 5.19. The molecule has 0 saturated carbocycles. The molecular formula is C16H24F3N. The van der Waals surface area contributed by atoms with Gasteiger partial charge in [-0.3, -0.25) is 0 Å². The first-order chi connectivity index (χ1) is 9.29. The van der Waals surface area contributed by atoms with E-state index in [-0.39, 0.29) is 18.5 Å². The molecule has 2 unspecified atom stereocenters. The van der Waals surface area contributed by atoms with E-state index >= 15 is 0 Å². The number of hydrogen-bond acceptors (Lipinski definition) is 1. The normalized spacial score (nSPS) is 15.3. The topological polar surface area (TPSA) is 12.0 Å². The second kappa shape index (κ2) is 7.67. The molecule has 0 spiro atoms. The second-order valence-corrected chi connectivity index (χ2v) is 5.71. The zero-order valence-corrected chi connectivity index (χ0v) is 12.4. The van der Waals surface area contributed by atoms with Gasteiger partial charge < -0.3 is 5.32 Å². The molecule has 1 aromatic rings. The number of nitrogens with one attached hydrogen (secondary N) is 1. The molecule has 2 atom stereocenters. The van der Waals surface area contributed by atoms with Gasteiger partial charge in [-0.25, -0.2) is 0 Å². The van der Waals surface area contributed by atoms with Crippen LogP contribution >= 0.6 is 0 Å². The van der Waals surface area contributed by atoms with E-state index in [0.29, 0.717) is 12.3 Å². The van der Waals surface area contributed by atoms with Gasteiger partial charge >= 0.3 is 6.18 Å². The van der Waals surface area contributed by atoms with E-state index in [1.54, 1.807) is 0 Å². The van der Waals surface area contributed by atoms with Crippen LogP contribution in [0.2, 0.25) is 0 Å². The molecule has 0 saturated heterocycles. The van der Waals surface area contributed by atoms with E-state index in [2.05, 4.69) is 31.3 Å². The van der Waals surface area contributed by atoms with Crippen molar-refractivity contribution in [2.24, 2.45) is 5.92 Å². The summed E-state index contributed by atoms with van der Waals surface area (Å²) >= 11 is 0. The van der Waals surface area contributed by atoms with Crippen molar-refractivity contribution < 1.29 is 13.2 Å². The van der Waals surface area contributed by atoms with Crippen LogP contribution < -0.4 is 5.32 Å². The molecule has 0 bridgehead atoms. The van der Waals surface area contributed by atoms with Gasteiger partial charge in [-0.1, -0.05) is 44.2 Å². The maximum absolute atomic E-state index is 12.1. The lowest BCUT2D eigenvalue weighted by molar-refractivity contribution is -0.135. The monoisotopic (exact) mass is 287 g/mol. The van der Waals surface area contributed by atoms with E-state index in [4.69, 9.17) is 0 Å². The van der Waals surface area contributed by atoms with Crippen molar-refractivity contribution in [2.45, 2.75) is 58.3 Å². The lowest BCUT2D eigenvalue weighted by atomic mass is 9.94. The van der Waals surface area contributed by atoms with Gasteiger partial charge in [-0.05, 0) is 31.2 Å². The third-order valence-electron chi connectivity index (χ3n) is 3.39. The zero-order valence-electron chi connectivity index (χ0n) is 12.4. The summed E-state index contributed by atoms with van der Waals surface area (Å²) < 4.78 is 36.4. The minimum absolute atomic E-state index is 0.0740. The van der Waals surface area contributed by atoms with E-state index in [1.165, 1.54) is 5.56 Å². The Hall–Kier alpha value is -1.03. The van der Waals surface area contributed by atoms with Crippen molar-refractivity contribution in [2.75, 3.05) is 0 Å². The van der Waals surface area contributed by atoms with Crippen molar-refractivity contribution in [3.8, 4) is 0 Å². The fraction of sp³-hybridized carbons (Fsp3) is 0.625. The highest BCUT2D eigenvalue weighted by Gasteiger charge is 2.26. The molecule has 1 nitrogen and oxygen atoms in total. The summed E-state index contributed by atoms with van der Waals surface area (Å²) in [6.07, 6.45) is -4.03. The summed E-state index contributed by atoms with van der Waals surface area (Å²) in [5.41, 5.74) is 1.19. The molecule has 1 aromatic carbocycles. The summed E-state index contributed by atoms with van der Waals surface area (Å²) in [5, 5.41) is 3.45. The molecule has 1 N–H and O–H groups in total. The molecule has 0 aliphatic rings. The molecule has 0 heterocycles. The van der Waals surface area contributed by atoms with Crippen molar-refractivity contribution >= 4 is 0 Å². The molecule has 0 aliphatic carbocycles. The average molecular weight is 287 g/mol. The number of alkyl halides is 3. The smallest absolute Gasteiger partial charge is 0.307 e. The van der Waals surface area contributed by atoms with Gasteiger partial charge in [0.25, 0.3) is 0 Å². The molecule has 0 aromatic heterocycles. The predicted molar refractivity (Wildman–Crippen MR) is 76.5 cm³/mol. The maximum atomic E-state index is 12.1. The quantitative estimate of drug-likeness (QED) is 0.736. The number of rotatable bonds is 7. The number of benzene rings is 1. The third-order valence-corrected chi connectivity index (χ3v) is 3.39. The molecule has 1 rings (SSSR count). The van der Waals surface area contributed by atoms with Crippen molar-refractivity contribution in [1.29, 1.82) is 0 Å². The van der Waals surface area contributed by atoms with Crippen LogP contribution in [0, 0.1) is 5.92 Å². The fourth-order valence-corrected chi connectivity index (χ4v) is 2.33. The molecular weight excluding hydrogens is 263 g/mol. The van der Waals surface area contributed by atoms with E-state index in [9.17, 15) is 13.2 Å². The highest BCUT2D eigenvalue weighted by atomic mass is 19.4. The van der Waals surface area contributed by atoms with Gasteiger partial charge in [0, 0.05) is 18.5 Å². The number of hydrogen-bond donors (Lipinski definition) is 1. The van der Waals surface area contributed by atoms with Crippen LogP contribution in [0.1, 0.15) is 51.6 Å². The standard InChI is InChI=1S/C16H24F3N/c1-12(2)15(14-9-5-4-6-10-14)20-13(3)8-7-11-16(17,18)19/h4-6,9-10,12-13,15,20H,7-8,11H2,1-3H3. The second-order valence-electron chi connectivity index (χ2n) is 5.71. The Labute approximate surface area is 119 Å². The van der Waals surface area contributed by atoms with Crippen molar-refractivity contribution in [1.82, 2.24) is 5.32 Å². The van der Waals surface area contributed by atoms with Gasteiger partial charge in [0.2, 0.25) is 0 Å². The Morgan fingerprint density at radius 1 is 1.05 bits per heavy atom. The largest absolute Gasteiger partial charge is 0.389 e. The van der Waals surface area contributed by atoms with Crippen LogP contribution in [0.25, 0.3) is 0 Å². The predicted octanol–water partition coefficient (Wildman–Crippen LogP) is 5.09. The minimum atomic E-state index is -4.05. The SMILES string of the molecule is CC(CCCC(F)(F)F)NC(c1ccccc1)C(C)C. The van der Waals surface area contributed by atoms with Crippen LogP contribution in [-0.4, -0.2) is 12.2 Å². The average Bonchev–Trinajstić information content (AvgIpc) is 2.35. The first-order valence-corrected chi connectivity index (χ1v) is 7.17. The lowest BCUT2D eigenvalue weighted by Crippen LogP contribution is -2.33. The van der Waals surface area contributed by atoms with Gasteiger partial charge in [-0.15, -0.1) is 0 Å². The first-order valence-electron chi connectivity index (χ1n) is 7.17. The van der Waals surface area contributed by atoms with Crippen LogP contribution in [0.5, 0.6) is 0 Å². The lowest BCUT2D eigenvalue weighted by Gasteiger charge is -2.27. The molecule has 114 valence electrons. The molecule has 20 heavy (non-hydrogen) atoms. The Morgan fingerprint density at radius 3 is 2.15 bits per heavy atom. The maximum Gasteiger partial charge on any atom is 0.389 e. The number of halogens is 3. The van der Waals surface area contributed by atoms with Gasteiger partial charge in [0.1, 0.15) is 0 Å². The summed E-state index contributed by atoms with van der Waals surface area (Å²) in [6, 6.07) is 10.3. The molecule has 4 heteroatoms. The van der Waals surface area contributed by atoms with Crippen molar-refractivity contribution in [3.05, 3.63) is 35.9 Å². The van der Waals surface area contributed by atoms with Gasteiger partial charge in [-0.2, -0.15) is 13.2 Å². The van der Waals surface area contributed by atoms with Crippen LogP contribution in [0.15, 0.2) is 30.3 Å². The van der Waals surface area contributed by atoms with Crippen LogP contribution in [-0.2, 0) is 0 Å². The Bertz CT molecular complexity index is 373. The Kier molecular flexibility index (Phi) is 6.53. The summed E-state index contributed by atoms with van der Waals surface area (Å²) in [6.45, 7) is 6.19. The van der Waals surface area contributed by atoms with Gasteiger partial charge in [0.15, 0.2) is 0 Å². The first kappa shape index (κ1) is 17.0. The fourth-order valence-electron chi connectivity index (χ4n) is 2.33. The third kappa shape index (κ3) is 6.42. The van der Waals surface area contributed by atoms with Crippen LogP contribution in [0.4, 0.5) is 13.2 Å².